The molecule has 0 atom stereocenters. The van der Waals surface area contributed by atoms with Crippen molar-refractivity contribution in [3.63, 3.8) is 0 Å². The molecule has 0 radical (unpaired) electrons. The first-order valence-electron chi connectivity index (χ1n) is 7.59. The van der Waals surface area contributed by atoms with E-state index < -0.39 is 0 Å². The lowest BCUT2D eigenvalue weighted by atomic mass is 9.91. The summed E-state index contributed by atoms with van der Waals surface area (Å²) in [6.45, 7) is 4.14. The molecule has 0 saturated heterocycles. The number of fused-ring (bicyclic) bond motifs is 2. The SMILES string of the molecule is Cc1ccc(-c2c3ccccc3cc3ccccc23)c(C)n1. The Kier molecular flexibility index (Phi) is 2.93. The van der Waals surface area contributed by atoms with Gasteiger partial charge in [0.2, 0.25) is 0 Å². The van der Waals surface area contributed by atoms with Crippen LogP contribution in [0.2, 0.25) is 0 Å². The van der Waals surface area contributed by atoms with Crippen molar-refractivity contribution in [3.8, 4) is 11.1 Å². The predicted molar refractivity (Wildman–Crippen MR) is 94.2 cm³/mol. The van der Waals surface area contributed by atoms with E-state index >= 15 is 0 Å². The zero-order chi connectivity index (χ0) is 15.1. The normalized spacial score (nSPS) is 11.2. The van der Waals surface area contributed by atoms with Gasteiger partial charge in [0, 0.05) is 17.0 Å². The Morgan fingerprint density at radius 1 is 0.682 bits per heavy atom. The Morgan fingerprint density at radius 2 is 1.27 bits per heavy atom. The lowest BCUT2D eigenvalue weighted by Crippen LogP contribution is -1.92. The minimum Gasteiger partial charge on any atom is -0.258 e. The molecular formula is C21H17N. The van der Waals surface area contributed by atoms with Gasteiger partial charge in [-0.25, -0.2) is 0 Å². The van der Waals surface area contributed by atoms with Gasteiger partial charge in [0.05, 0.1) is 0 Å². The molecule has 4 rings (SSSR count). The van der Waals surface area contributed by atoms with E-state index in [9.17, 15) is 0 Å². The predicted octanol–water partition coefficient (Wildman–Crippen LogP) is 5.67. The van der Waals surface area contributed by atoms with Gasteiger partial charge in [-0.15, -0.1) is 0 Å². The summed E-state index contributed by atoms with van der Waals surface area (Å²) in [6, 6.07) is 23.8. The molecule has 0 aliphatic heterocycles. The van der Waals surface area contributed by atoms with Crippen LogP contribution in [0.1, 0.15) is 11.4 Å². The molecule has 1 nitrogen and oxygen atoms in total. The number of benzene rings is 3. The van der Waals surface area contributed by atoms with Crippen LogP contribution in [0.4, 0.5) is 0 Å². The fourth-order valence-corrected chi connectivity index (χ4v) is 3.25. The summed E-state index contributed by atoms with van der Waals surface area (Å²) < 4.78 is 0. The van der Waals surface area contributed by atoms with Crippen molar-refractivity contribution in [2.75, 3.05) is 0 Å². The van der Waals surface area contributed by atoms with Crippen molar-refractivity contribution in [3.05, 3.63) is 78.1 Å². The van der Waals surface area contributed by atoms with Crippen LogP contribution in [-0.4, -0.2) is 4.98 Å². The standard InChI is InChI=1S/C21H17N/c1-14-11-12-18(15(2)22-14)21-19-9-5-3-7-16(19)13-17-8-4-6-10-20(17)21/h3-13H,1-2H3. The van der Waals surface area contributed by atoms with Crippen LogP contribution in [0.5, 0.6) is 0 Å². The fourth-order valence-electron chi connectivity index (χ4n) is 3.25. The van der Waals surface area contributed by atoms with Crippen LogP contribution in [0.3, 0.4) is 0 Å². The van der Waals surface area contributed by atoms with E-state index in [1.807, 2.05) is 6.92 Å². The molecule has 22 heavy (non-hydrogen) atoms. The third kappa shape index (κ3) is 1.98. The zero-order valence-electron chi connectivity index (χ0n) is 12.8. The number of hydrogen-bond acceptors (Lipinski definition) is 1. The Balaban J connectivity index is 2.21. The van der Waals surface area contributed by atoms with Crippen LogP contribution in [-0.2, 0) is 0 Å². The van der Waals surface area contributed by atoms with Gasteiger partial charge >= 0.3 is 0 Å². The first kappa shape index (κ1) is 13.0. The zero-order valence-corrected chi connectivity index (χ0v) is 12.8. The molecule has 1 heterocycles. The largest absolute Gasteiger partial charge is 0.258 e. The van der Waals surface area contributed by atoms with Crippen molar-refractivity contribution in [1.82, 2.24) is 4.98 Å². The molecule has 0 bridgehead atoms. The minimum absolute atomic E-state index is 1.06. The summed E-state index contributed by atoms with van der Waals surface area (Å²) in [5.74, 6) is 0. The molecule has 0 unspecified atom stereocenters. The third-order valence-corrected chi connectivity index (χ3v) is 4.27. The number of aromatic nitrogens is 1. The third-order valence-electron chi connectivity index (χ3n) is 4.27. The van der Waals surface area contributed by atoms with Gasteiger partial charge in [0.1, 0.15) is 0 Å². The quantitative estimate of drug-likeness (QED) is 0.410. The monoisotopic (exact) mass is 283 g/mol. The molecule has 0 aliphatic carbocycles. The minimum atomic E-state index is 1.06. The highest BCUT2D eigenvalue weighted by atomic mass is 14.7. The van der Waals surface area contributed by atoms with Crippen LogP contribution < -0.4 is 0 Å². The Morgan fingerprint density at radius 3 is 1.86 bits per heavy atom. The summed E-state index contributed by atoms with van der Waals surface area (Å²) in [6.07, 6.45) is 0. The Bertz CT molecular complexity index is 945. The van der Waals surface area contributed by atoms with E-state index in [-0.39, 0.29) is 0 Å². The lowest BCUT2D eigenvalue weighted by molar-refractivity contribution is 1.13. The molecule has 0 spiro atoms. The first-order valence-corrected chi connectivity index (χ1v) is 7.59. The number of aryl methyl sites for hydroxylation is 2. The second kappa shape index (κ2) is 4.96. The Labute approximate surface area is 130 Å². The molecule has 0 fully saturated rings. The van der Waals surface area contributed by atoms with Gasteiger partial charge in [-0.2, -0.15) is 0 Å². The summed E-state index contributed by atoms with van der Waals surface area (Å²) >= 11 is 0. The molecule has 1 aromatic heterocycles. The number of pyridine rings is 1. The maximum Gasteiger partial charge on any atom is 0.0454 e. The molecular weight excluding hydrogens is 266 g/mol. The van der Waals surface area contributed by atoms with Crippen LogP contribution in [0.15, 0.2) is 66.7 Å². The van der Waals surface area contributed by atoms with Gasteiger partial charge < -0.3 is 0 Å². The highest BCUT2D eigenvalue weighted by Gasteiger charge is 2.12. The fraction of sp³-hybridized carbons (Fsp3) is 0.0952. The first-order chi connectivity index (χ1) is 10.7. The number of rotatable bonds is 1. The van der Waals surface area contributed by atoms with E-state index in [1.165, 1.54) is 32.7 Å². The average Bonchev–Trinajstić information content (AvgIpc) is 2.53. The summed E-state index contributed by atoms with van der Waals surface area (Å²) in [7, 11) is 0. The van der Waals surface area contributed by atoms with Gasteiger partial charge in [0.25, 0.3) is 0 Å². The molecule has 0 N–H and O–H groups in total. The lowest BCUT2D eigenvalue weighted by Gasteiger charge is -2.14. The van der Waals surface area contributed by atoms with Crippen LogP contribution >= 0.6 is 0 Å². The highest BCUT2D eigenvalue weighted by molar-refractivity contribution is 6.12. The molecule has 0 saturated carbocycles. The molecule has 106 valence electrons. The molecule has 0 aliphatic rings. The molecule has 0 amide bonds. The van der Waals surface area contributed by atoms with Crippen LogP contribution in [0, 0.1) is 13.8 Å². The topological polar surface area (TPSA) is 12.9 Å². The van der Waals surface area contributed by atoms with E-state index in [0.29, 0.717) is 0 Å². The van der Waals surface area contributed by atoms with Crippen molar-refractivity contribution < 1.29 is 0 Å². The van der Waals surface area contributed by atoms with Gasteiger partial charge in [0.15, 0.2) is 0 Å². The number of nitrogens with zero attached hydrogens (tertiary/aromatic N) is 1. The average molecular weight is 283 g/mol. The number of hydrogen-bond donors (Lipinski definition) is 0. The van der Waals surface area contributed by atoms with Crippen molar-refractivity contribution in [1.29, 1.82) is 0 Å². The van der Waals surface area contributed by atoms with Gasteiger partial charge in [-0.3, -0.25) is 4.98 Å². The van der Waals surface area contributed by atoms with E-state index in [0.717, 1.165) is 11.4 Å². The van der Waals surface area contributed by atoms with Gasteiger partial charge in [-0.05, 0) is 53.1 Å². The summed E-state index contributed by atoms with van der Waals surface area (Å²) in [4.78, 5) is 4.66. The molecule has 1 heteroatoms. The maximum absolute atomic E-state index is 4.66. The second-order valence-corrected chi connectivity index (χ2v) is 5.78. The Hall–Kier alpha value is -2.67. The van der Waals surface area contributed by atoms with E-state index in [2.05, 4.69) is 78.6 Å². The van der Waals surface area contributed by atoms with E-state index in [4.69, 9.17) is 0 Å². The van der Waals surface area contributed by atoms with Crippen LogP contribution in [0.25, 0.3) is 32.7 Å². The summed E-state index contributed by atoms with van der Waals surface area (Å²) in [5, 5.41) is 5.12. The summed E-state index contributed by atoms with van der Waals surface area (Å²) in [5.41, 5.74) is 4.66. The van der Waals surface area contributed by atoms with Crippen molar-refractivity contribution in [2.45, 2.75) is 13.8 Å². The molecule has 4 aromatic rings. The smallest absolute Gasteiger partial charge is 0.0454 e. The van der Waals surface area contributed by atoms with E-state index in [1.54, 1.807) is 0 Å². The maximum atomic E-state index is 4.66. The highest BCUT2D eigenvalue weighted by Crippen LogP contribution is 2.37. The van der Waals surface area contributed by atoms with Crippen molar-refractivity contribution in [2.24, 2.45) is 0 Å². The second-order valence-electron chi connectivity index (χ2n) is 5.78. The van der Waals surface area contributed by atoms with Gasteiger partial charge in [-0.1, -0.05) is 54.6 Å². The van der Waals surface area contributed by atoms with Crippen molar-refractivity contribution >= 4 is 21.5 Å². The molecule has 3 aromatic carbocycles.